The zero-order chi connectivity index (χ0) is 12.3. The average molecular weight is 257 g/mol. The summed E-state index contributed by atoms with van der Waals surface area (Å²) in [6.45, 7) is 0.728. The zero-order valence-electron chi connectivity index (χ0n) is 9.52. The minimum atomic E-state index is -2.81. The van der Waals surface area contributed by atoms with Crippen molar-refractivity contribution in [1.82, 2.24) is 5.32 Å². The third kappa shape index (κ3) is 3.78. The normalized spacial score (nSPS) is 22.8. The highest BCUT2D eigenvalue weighted by Crippen LogP contribution is 2.11. The van der Waals surface area contributed by atoms with Crippen LogP contribution in [0.15, 0.2) is 24.3 Å². The molecule has 1 aliphatic heterocycles. The predicted octanol–water partition coefficient (Wildman–Crippen LogP) is 1.14. The Labute approximate surface area is 101 Å². The highest BCUT2D eigenvalue weighted by atomic mass is 32.2. The minimum absolute atomic E-state index is 0.0837. The summed E-state index contributed by atoms with van der Waals surface area (Å²) in [5.74, 6) is 0.307. The molecule has 1 N–H and O–H groups in total. The van der Waals surface area contributed by atoms with Crippen LogP contribution in [0.3, 0.4) is 0 Å². The highest BCUT2D eigenvalue weighted by molar-refractivity contribution is 7.91. The Morgan fingerprint density at radius 1 is 1.29 bits per heavy atom. The van der Waals surface area contributed by atoms with E-state index in [0.29, 0.717) is 12.2 Å². The van der Waals surface area contributed by atoms with E-state index in [1.54, 1.807) is 12.1 Å². The topological polar surface area (TPSA) is 46.2 Å². The van der Waals surface area contributed by atoms with Gasteiger partial charge in [0.05, 0.1) is 11.5 Å². The minimum Gasteiger partial charge on any atom is -0.313 e. The number of halogens is 1. The summed E-state index contributed by atoms with van der Waals surface area (Å²) < 4.78 is 35.1. The molecule has 1 aliphatic rings. The van der Waals surface area contributed by atoms with Gasteiger partial charge in [-0.3, -0.25) is 0 Å². The van der Waals surface area contributed by atoms with Gasteiger partial charge in [-0.2, -0.15) is 0 Å². The van der Waals surface area contributed by atoms with Crippen LogP contribution in [0.2, 0.25) is 0 Å². The molecule has 5 heteroatoms. The number of sulfone groups is 1. The lowest BCUT2D eigenvalue weighted by Gasteiger charge is -2.10. The number of nitrogens with one attached hydrogen (secondary N) is 1. The van der Waals surface area contributed by atoms with Gasteiger partial charge < -0.3 is 5.32 Å². The first-order valence-electron chi connectivity index (χ1n) is 5.73. The smallest absolute Gasteiger partial charge is 0.151 e. The van der Waals surface area contributed by atoms with Crippen LogP contribution in [-0.2, 0) is 16.3 Å². The van der Waals surface area contributed by atoms with Crippen LogP contribution in [0.5, 0.6) is 0 Å². The molecule has 0 spiro atoms. The van der Waals surface area contributed by atoms with Gasteiger partial charge in [0.2, 0.25) is 0 Å². The molecule has 1 atom stereocenters. The van der Waals surface area contributed by atoms with Crippen LogP contribution in [0, 0.1) is 5.82 Å². The summed E-state index contributed by atoms with van der Waals surface area (Å²) in [6, 6.07) is 6.47. The third-order valence-corrected chi connectivity index (χ3v) is 4.76. The van der Waals surface area contributed by atoms with Crippen LogP contribution in [0.4, 0.5) is 4.39 Å². The first-order chi connectivity index (χ1) is 8.05. The van der Waals surface area contributed by atoms with Gasteiger partial charge in [0.1, 0.15) is 5.82 Å². The van der Waals surface area contributed by atoms with Crippen molar-refractivity contribution in [1.29, 1.82) is 0 Å². The number of hydrogen-bond donors (Lipinski definition) is 1. The van der Waals surface area contributed by atoms with Gasteiger partial charge in [-0.25, -0.2) is 12.8 Å². The Hall–Kier alpha value is -0.940. The van der Waals surface area contributed by atoms with Crippen molar-refractivity contribution in [2.45, 2.75) is 18.9 Å². The van der Waals surface area contributed by atoms with Crippen LogP contribution in [-0.4, -0.2) is 32.5 Å². The fraction of sp³-hybridized carbons (Fsp3) is 0.500. The molecule has 1 aromatic rings. The van der Waals surface area contributed by atoms with Crippen molar-refractivity contribution in [3.05, 3.63) is 35.6 Å². The van der Waals surface area contributed by atoms with Gasteiger partial charge in [0.25, 0.3) is 0 Å². The molecule has 1 heterocycles. The number of hydrogen-bond acceptors (Lipinski definition) is 3. The average Bonchev–Trinajstić information content (AvgIpc) is 2.61. The largest absolute Gasteiger partial charge is 0.313 e. The van der Waals surface area contributed by atoms with E-state index >= 15 is 0 Å². The zero-order valence-corrected chi connectivity index (χ0v) is 10.3. The molecule has 0 aliphatic carbocycles. The Morgan fingerprint density at radius 3 is 2.59 bits per heavy atom. The summed E-state index contributed by atoms with van der Waals surface area (Å²) in [7, 11) is -2.81. The SMILES string of the molecule is O=S1(=O)CCC(NCCc2ccc(F)cc2)C1. The molecule has 17 heavy (non-hydrogen) atoms. The molecule has 2 rings (SSSR count). The maximum absolute atomic E-state index is 12.7. The van der Waals surface area contributed by atoms with E-state index in [-0.39, 0.29) is 17.6 Å². The molecule has 1 aromatic carbocycles. The summed E-state index contributed by atoms with van der Waals surface area (Å²) in [6.07, 6.45) is 1.49. The van der Waals surface area contributed by atoms with Crippen molar-refractivity contribution in [2.75, 3.05) is 18.1 Å². The lowest BCUT2D eigenvalue weighted by molar-refractivity contribution is 0.556. The van der Waals surface area contributed by atoms with Gasteiger partial charge in [-0.1, -0.05) is 12.1 Å². The fourth-order valence-corrected chi connectivity index (χ4v) is 3.74. The molecule has 1 saturated heterocycles. The van der Waals surface area contributed by atoms with Crippen LogP contribution >= 0.6 is 0 Å². The monoisotopic (exact) mass is 257 g/mol. The Balaban J connectivity index is 1.75. The molecule has 0 radical (unpaired) electrons. The Bertz CT molecular complexity index is 470. The number of benzene rings is 1. The van der Waals surface area contributed by atoms with E-state index in [1.165, 1.54) is 12.1 Å². The second-order valence-corrected chi connectivity index (χ2v) is 6.66. The van der Waals surface area contributed by atoms with Gasteiger partial charge in [-0.05, 0) is 37.1 Å². The lowest BCUT2D eigenvalue weighted by atomic mass is 10.1. The van der Waals surface area contributed by atoms with Gasteiger partial charge in [0, 0.05) is 6.04 Å². The van der Waals surface area contributed by atoms with Crippen molar-refractivity contribution >= 4 is 9.84 Å². The maximum Gasteiger partial charge on any atom is 0.151 e. The number of rotatable bonds is 4. The summed E-state index contributed by atoms with van der Waals surface area (Å²) in [5, 5.41) is 3.23. The molecule has 1 fully saturated rings. The Kier molecular flexibility index (Phi) is 3.79. The standard InChI is InChI=1S/C12H16FNO2S/c13-11-3-1-10(2-4-11)5-7-14-12-6-8-17(15,16)9-12/h1-4,12,14H,5-9H2. The third-order valence-electron chi connectivity index (χ3n) is 2.99. The quantitative estimate of drug-likeness (QED) is 0.880. The van der Waals surface area contributed by atoms with E-state index in [2.05, 4.69) is 5.32 Å². The molecule has 3 nitrogen and oxygen atoms in total. The Morgan fingerprint density at radius 2 is 2.00 bits per heavy atom. The van der Waals surface area contributed by atoms with Gasteiger partial charge in [0.15, 0.2) is 9.84 Å². The van der Waals surface area contributed by atoms with E-state index in [4.69, 9.17) is 0 Å². The molecule has 0 saturated carbocycles. The molecule has 94 valence electrons. The maximum atomic E-state index is 12.7. The van der Waals surface area contributed by atoms with E-state index < -0.39 is 9.84 Å². The second-order valence-electron chi connectivity index (χ2n) is 4.43. The summed E-state index contributed by atoms with van der Waals surface area (Å²) >= 11 is 0. The lowest BCUT2D eigenvalue weighted by Crippen LogP contribution is -2.31. The van der Waals surface area contributed by atoms with Crippen molar-refractivity contribution in [2.24, 2.45) is 0 Å². The summed E-state index contributed by atoms with van der Waals surface area (Å²) in [5.41, 5.74) is 1.06. The molecular weight excluding hydrogens is 241 g/mol. The van der Waals surface area contributed by atoms with Crippen molar-refractivity contribution < 1.29 is 12.8 Å². The van der Waals surface area contributed by atoms with Crippen LogP contribution in [0.25, 0.3) is 0 Å². The highest BCUT2D eigenvalue weighted by Gasteiger charge is 2.26. The summed E-state index contributed by atoms with van der Waals surface area (Å²) in [4.78, 5) is 0. The first-order valence-corrected chi connectivity index (χ1v) is 7.55. The molecular formula is C12H16FNO2S. The van der Waals surface area contributed by atoms with Gasteiger partial charge in [-0.15, -0.1) is 0 Å². The second kappa shape index (κ2) is 5.14. The molecule has 1 unspecified atom stereocenters. The van der Waals surface area contributed by atoms with Crippen LogP contribution in [0.1, 0.15) is 12.0 Å². The molecule has 0 bridgehead atoms. The van der Waals surface area contributed by atoms with Gasteiger partial charge >= 0.3 is 0 Å². The molecule has 0 aromatic heterocycles. The van der Waals surface area contributed by atoms with Crippen LogP contribution < -0.4 is 5.32 Å². The first kappa shape index (κ1) is 12.5. The van der Waals surface area contributed by atoms with Crippen molar-refractivity contribution in [3.8, 4) is 0 Å². The van der Waals surface area contributed by atoms with Crippen molar-refractivity contribution in [3.63, 3.8) is 0 Å². The van der Waals surface area contributed by atoms with E-state index in [0.717, 1.165) is 18.5 Å². The predicted molar refractivity (Wildman–Crippen MR) is 65.2 cm³/mol. The molecule has 0 amide bonds. The van der Waals surface area contributed by atoms with E-state index in [1.807, 2.05) is 0 Å². The fourth-order valence-electron chi connectivity index (χ4n) is 2.03. The van der Waals surface area contributed by atoms with E-state index in [9.17, 15) is 12.8 Å².